The van der Waals surface area contributed by atoms with Crippen LogP contribution < -0.4 is 5.32 Å². The third kappa shape index (κ3) is 3.89. The molecule has 0 aliphatic rings. The van der Waals surface area contributed by atoms with Crippen LogP contribution in [-0.2, 0) is 4.74 Å². The van der Waals surface area contributed by atoms with Gasteiger partial charge in [-0.25, -0.2) is 4.98 Å². The van der Waals surface area contributed by atoms with E-state index in [0.29, 0.717) is 24.6 Å². The van der Waals surface area contributed by atoms with E-state index in [1.54, 1.807) is 19.5 Å². The Morgan fingerprint density at radius 2 is 2.08 bits per heavy atom. The second kappa shape index (κ2) is 8.06. The van der Waals surface area contributed by atoms with Gasteiger partial charge in [0.2, 0.25) is 0 Å². The number of hydrogen-bond donors (Lipinski definition) is 1. The van der Waals surface area contributed by atoms with Crippen LogP contribution in [0.25, 0.3) is 22.2 Å². The number of carbonyl (C=O) groups excluding carboxylic acids is 1. The van der Waals surface area contributed by atoms with Crippen LogP contribution in [-0.4, -0.2) is 36.1 Å². The standard InChI is InChI=1S/C21H23N3O2/c1-14(2)15-6-7-19-17(11-15)18(21(25)23-9-10-26-3)12-20(24-19)16-5-4-8-22-13-16/h4-8,11-14H,9-10H2,1-3H3,(H,23,25). The monoisotopic (exact) mass is 349 g/mol. The number of pyridine rings is 2. The second-order valence-electron chi connectivity index (χ2n) is 6.48. The Labute approximate surface area is 153 Å². The largest absolute Gasteiger partial charge is 0.383 e. The van der Waals surface area contributed by atoms with Crippen LogP contribution in [0.1, 0.15) is 35.7 Å². The fourth-order valence-corrected chi connectivity index (χ4v) is 2.81. The minimum Gasteiger partial charge on any atom is -0.383 e. The molecule has 5 nitrogen and oxygen atoms in total. The van der Waals surface area contributed by atoms with Crippen molar-refractivity contribution < 1.29 is 9.53 Å². The van der Waals surface area contributed by atoms with Crippen molar-refractivity contribution in [3.8, 4) is 11.3 Å². The van der Waals surface area contributed by atoms with Gasteiger partial charge >= 0.3 is 0 Å². The molecule has 3 rings (SSSR count). The number of fused-ring (bicyclic) bond motifs is 1. The van der Waals surface area contributed by atoms with Gasteiger partial charge < -0.3 is 10.1 Å². The number of ether oxygens (including phenoxy) is 1. The molecule has 0 aliphatic carbocycles. The number of rotatable bonds is 6. The second-order valence-corrected chi connectivity index (χ2v) is 6.48. The van der Waals surface area contributed by atoms with E-state index in [2.05, 4.69) is 36.3 Å². The molecule has 1 amide bonds. The molecule has 0 unspecified atom stereocenters. The zero-order chi connectivity index (χ0) is 18.5. The molecule has 26 heavy (non-hydrogen) atoms. The Morgan fingerprint density at radius 1 is 1.23 bits per heavy atom. The first kappa shape index (κ1) is 18.0. The fraction of sp³-hybridized carbons (Fsp3) is 0.286. The minimum atomic E-state index is -0.125. The molecule has 0 spiro atoms. The maximum Gasteiger partial charge on any atom is 0.252 e. The first-order valence-electron chi connectivity index (χ1n) is 8.72. The average molecular weight is 349 g/mol. The van der Waals surface area contributed by atoms with Crippen molar-refractivity contribution in [3.05, 3.63) is 59.9 Å². The highest BCUT2D eigenvalue weighted by atomic mass is 16.5. The van der Waals surface area contributed by atoms with Gasteiger partial charge in [0.05, 0.1) is 23.4 Å². The first-order valence-corrected chi connectivity index (χ1v) is 8.72. The number of benzene rings is 1. The predicted octanol–water partition coefficient (Wildman–Crippen LogP) is 3.80. The van der Waals surface area contributed by atoms with Crippen molar-refractivity contribution in [1.82, 2.24) is 15.3 Å². The van der Waals surface area contributed by atoms with Gasteiger partial charge in [-0.15, -0.1) is 0 Å². The van der Waals surface area contributed by atoms with Crippen LogP contribution in [0.3, 0.4) is 0 Å². The Morgan fingerprint density at radius 3 is 2.77 bits per heavy atom. The topological polar surface area (TPSA) is 64.1 Å². The highest BCUT2D eigenvalue weighted by Crippen LogP contribution is 2.27. The number of methoxy groups -OCH3 is 1. The minimum absolute atomic E-state index is 0.125. The van der Waals surface area contributed by atoms with Crippen molar-refractivity contribution in [2.24, 2.45) is 0 Å². The highest BCUT2D eigenvalue weighted by molar-refractivity contribution is 6.07. The van der Waals surface area contributed by atoms with Crippen LogP contribution in [0.5, 0.6) is 0 Å². The molecular weight excluding hydrogens is 326 g/mol. The van der Waals surface area contributed by atoms with Gasteiger partial charge in [-0.1, -0.05) is 19.9 Å². The van der Waals surface area contributed by atoms with E-state index >= 15 is 0 Å². The van der Waals surface area contributed by atoms with Crippen LogP contribution in [0, 0.1) is 0 Å². The van der Waals surface area contributed by atoms with E-state index < -0.39 is 0 Å². The van der Waals surface area contributed by atoms with Crippen molar-refractivity contribution in [1.29, 1.82) is 0 Å². The first-order chi connectivity index (χ1) is 12.6. The number of amides is 1. The van der Waals surface area contributed by atoms with E-state index in [9.17, 15) is 4.79 Å². The molecule has 2 heterocycles. The van der Waals surface area contributed by atoms with Gasteiger partial charge in [0, 0.05) is 37.0 Å². The van der Waals surface area contributed by atoms with Gasteiger partial charge in [-0.2, -0.15) is 0 Å². The van der Waals surface area contributed by atoms with E-state index in [-0.39, 0.29) is 5.91 Å². The number of carbonyl (C=O) groups is 1. The predicted molar refractivity (Wildman–Crippen MR) is 103 cm³/mol. The summed E-state index contributed by atoms with van der Waals surface area (Å²) in [5.41, 5.74) is 4.22. The summed E-state index contributed by atoms with van der Waals surface area (Å²) in [5.74, 6) is 0.252. The lowest BCUT2D eigenvalue weighted by Crippen LogP contribution is -2.27. The molecule has 0 bridgehead atoms. The average Bonchev–Trinajstić information content (AvgIpc) is 2.67. The molecule has 1 aromatic carbocycles. The van der Waals surface area contributed by atoms with Crippen LogP contribution in [0.2, 0.25) is 0 Å². The summed E-state index contributed by atoms with van der Waals surface area (Å²) >= 11 is 0. The maximum atomic E-state index is 12.8. The molecule has 134 valence electrons. The summed E-state index contributed by atoms with van der Waals surface area (Å²) in [7, 11) is 1.61. The van der Waals surface area contributed by atoms with Crippen LogP contribution >= 0.6 is 0 Å². The van der Waals surface area contributed by atoms with Crippen LogP contribution in [0.15, 0.2) is 48.8 Å². The van der Waals surface area contributed by atoms with Crippen molar-refractivity contribution >= 4 is 16.8 Å². The van der Waals surface area contributed by atoms with E-state index in [1.165, 1.54) is 5.56 Å². The summed E-state index contributed by atoms with van der Waals surface area (Å²) < 4.78 is 5.02. The molecule has 5 heteroatoms. The molecule has 1 N–H and O–H groups in total. The fourth-order valence-electron chi connectivity index (χ4n) is 2.81. The molecule has 2 aromatic heterocycles. The lowest BCUT2D eigenvalue weighted by Gasteiger charge is -2.13. The van der Waals surface area contributed by atoms with Crippen LogP contribution in [0.4, 0.5) is 0 Å². The third-order valence-corrected chi connectivity index (χ3v) is 4.29. The maximum absolute atomic E-state index is 12.8. The number of nitrogens with one attached hydrogen (secondary N) is 1. The van der Waals surface area contributed by atoms with Gasteiger partial charge in [0.25, 0.3) is 5.91 Å². The Kier molecular flexibility index (Phi) is 5.58. The van der Waals surface area contributed by atoms with Gasteiger partial charge in [0.1, 0.15) is 0 Å². The summed E-state index contributed by atoms with van der Waals surface area (Å²) in [5, 5.41) is 3.77. The molecule has 3 aromatic rings. The van der Waals surface area contributed by atoms with E-state index in [1.807, 2.05) is 24.3 Å². The van der Waals surface area contributed by atoms with Crippen molar-refractivity contribution in [2.75, 3.05) is 20.3 Å². The summed E-state index contributed by atoms with van der Waals surface area (Å²) in [6.45, 7) is 5.21. The molecular formula is C21H23N3O2. The van der Waals surface area contributed by atoms with E-state index in [4.69, 9.17) is 9.72 Å². The van der Waals surface area contributed by atoms with Gasteiger partial charge in [-0.05, 0) is 41.8 Å². The SMILES string of the molecule is COCCNC(=O)c1cc(-c2cccnc2)nc2ccc(C(C)C)cc12. The number of hydrogen-bond acceptors (Lipinski definition) is 4. The molecule has 0 atom stereocenters. The molecule has 0 fully saturated rings. The summed E-state index contributed by atoms with van der Waals surface area (Å²) in [6.07, 6.45) is 3.47. The van der Waals surface area contributed by atoms with Crippen molar-refractivity contribution in [3.63, 3.8) is 0 Å². The Bertz CT molecular complexity index is 908. The number of nitrogens with zero attached hydrogens (tertiary/aromatic N) is 2. The summed E-state index contributed by atoms with van der Waals surface area (Å²) in [4.78, 5) is 21.7. The zero-order valence-corrected chi connectivity index (χ0v) is 15.3. The quantitative estimate of drug-likeness (QED) is 0.688. The molecule has 0 saturated carbocycles. The van der Waals surface area contributed by atoms with Gasteiger partial charge in [0.15, 0.2) is 0 Å². The third-order valence-electron chi connectivity index (χ3n) is 4.29. The lowest BCUT2D eigenvalue weighted by atomic mass is 9.97. The van der Waals surface area contributed by atoms with Crippen molar-refractivity contribution in [2.45, 2.75) is 19.8 Å². The lowest BCUT2D eigenvalue weighted by molar-refractivity contribution is 0.0938. The summed E-state index contributed by atoms with van der Waals surface area (Å²) in [6, 6.07) is 11.8. The molecule has 0 saturated heterocycles. The smallest absolute Gasteiger partial charge is 0.252 e. The number of aromatic nitrogens is 2. The molecule has 0 radical (unpaired) electrons. The zero-order valence-electron chi connectivity index (χ0n) is 15.3. The normalized spacial score (nSPS) is 11.1. The highest BCUT2D eigenvalue weighted by Gasteiger charge is 2.15. The van der Waals surface area contributed by atoms with Gasteiger partial charge in [-0.3, -0.25) is 9.78 Å². The van der Waals surface area contributed by atoms with E-state index in [0.717, 1.165) is 22.2 Å². The Hall–Kier alpha value is -2.79. The molecule has 0 aliphatic heterocycles. The Balaban J connectivity index is 2.12.